The Labute approximate surface area is 181 Å². The van der Waals surface area contributed by atoms with E-state index in [-0.39, 0.29) is 11.7 Å². The van der Waals surface area contributed by atoms with E-state index < -0.39 is 0 Å². The van der Waals surface area contributed by atoms with Crippen LogP contribution in [0, 0.1) is 5.82 Å². The van der Waals surface area contributed by atoms with Gasteiger partial charge in [0.25, 0.3) is 0 Å². The van der Waals surface area contributed by atoms with Gasteiger partial charge in [0.1, 0.15) is 5.82 Å². The Morgan fingerprint density at radius 2 is 1.97 bits per heavy atom. The highest BCUT2D eigenvalue weighted by atomic mass is 31.0. The molecule has 0 aliphatic carbocycles. The van der Waals surface area contributed by atoms with Gasteiger partial charge in [0.2, 0.25) is 5.91 Å². The van der Waals surface area contributed by atoms with E-state index in [0.717, 1.165) is 44.3 Å². The lowest BCUT2D eigenvalue weighted by atomic mass is 10.0. The van der Waals surface area contributed by atoms with E-state index in [4.69, 9.17) is 0 Å². The lowest BCUT2D eigenvalue weighted by molar-refractivity contribution is -0.119. The van der Waals surface area contributed by atoms with Crippen LogP contribution in [-0.4, -0.2) is 43.0 Å². The van der Waals surface area contributed by atoms with Crippen molar-refractivity contribution in [2.45, 2.75) is 45.2 Å². The minimum atomic E-state index is -0.171. The van der Waals surface area contributed by atoms with Crippen LogP contribution in [-0.2, 0) is 24.2 Å². The van der Waals surface area contributed by atoms with E-state index in [1.54, 1.807) is 19.1 Å². The first kappa shape index (κ1) is 21.3. The van der Waals surface area contributed by atoms with Crippen molar-refractivity contribution >= 4 is 26.1 Å². The van der Waals surface area contributed by atoms with Crippen LogP contribution < -0.4 is 15.5 Å². The van der Waals surface area contributed by atoms with Gasteiger partial charge in [0.15, 0.2) is 0 Å². The maximum absolute atomic E-state index is 13.3. The second-order valence-corrected chi connectivity index (χ2v) is 9.10. The fraction of sp³-hybridized carbons (Fsp3) is 0.458. The number of halogens is 1. The molecule has 1 N–H and O–H groups in total. The Balaban J connectivity index is 1.32. The van der Waals surface area contributed by atoms with Crippen molar-refractivity contribution in [3.05, 3.63) is 58.9 Å². The van der Waals surface area contributed by atoms with Crippen LogP contribution in [0.3, 0.4) is 0 Å². The number of piperidine rings is 1. The van der Waals surface area contributed by atoms with Gasteiger partial charge in [0, 0.05) is 51.4 Å². The van der Waals surface area contributed by atoms with Crippen molar-refractivity contribution in [3.8, 4) is 0 Å². The van der Waals surface area contributed by atoms with Gasteiger partial charge in [0.05, 0.1) is 0 Å². The molecule has 2 aliphatic heterocycles. The third-order valence-electron chi connectivity index (χ3n) is 6.43. The van der Waals surface area contributed by atoms with Crippen LogP contribution in [0.2, 0.25) is 0 Å². The summed E-state index contributed by atoms with van der Waals surface area (Å²) in [7, 11) is 2.65. The highest BCUT2D eigenvalue weighted by molar-refractivity contribution is 7.27. The zero-order valence-corrected chi connectivity index (χ0v) is 18.8. The number of likely N-dealkylation sites (tertiary alicyclic amines) is 1. The molecule has 0 radical (unpaired) electrons. The molecule has 0 saturated carbocycles. The molecule has 6 heteroatoms. The summed E-state index contributed by atoms with van der Waals surface area (Å²) < 4.78 is 13.3. The summed E-state index contributed by atoms with van der Waals surface area (Å²) in [6.45, 7) is 6.48. The fourth-order valence-electron chi connectivity index (χ4n) is 4.69. The maximum Gasteiger partial charge on any atom is 0.217 e. The standard InChI is InChI=1S/C24H31FN3OP/c1-17(29)26-16-18-2-3-19-7-13-28(23(19)14-18)22-8-11-27(12-9-22)10-6-20-4-5-21(25)15-24(20)30/h2-5,14-15,22H,6-13,16,30H2,1H3,(H,26,29). The lowest BCUT2D eigenvalue weighted by Crippen LogP contribution is -2.45. The van der Waals surface area contributed by atoms with Crippen LogP contribution in [0.15, 0.2) is 36.4 Å². The molecule has 2 aliphatic rings. The summed E-state index contributed by atoms with van der Waals surface area (Å²) in [5.74, 6) is -0.162. The molecule has 1 atom stereocenters. The molecular weight excluding hydrogens is 396 g/mol. The first-order valence-electron chi connectivity index (χ1n) is 10.9. The van der Waals surface area contributed by atoms with E-state index in [1.807, 2.05) is 6.07 Å². The predicted molar refractivity (Wildman–Crippen MR) is 124 cm³/mol. The Hall–Kier alpha value is -1.97. The summed E-state index contributed by atoms with van der Waals surface area (Å²) in [6, 6.07) is 12.3. The van der Waals surface area contributed by atoms with Crippen molar-refractivity contribution in [3.63, 3.8) is 0 Å². The summed E-state index contributed by atoms with van der Waals surface area (Å²) in [4.78, 5) is 16.4. The predicted octanol–water partition coefficient (Wildman–Crippen LogP) is 3.03. The molecule has 4 rings (SSSR count). The van der Waals surface area contributed by atoms with Gasteiger partial charge in [-0.15, -0.1) is 9.24 Å². The number of hydrogen-bond acceptors (Lipinski definition) is 3. The molecule has 2 aromatic rings. The number of amides is 1. The minimum Gasteiger partial charge on any atom is -0.368 e. The second kappa shape index (κ2) is 9.45. The Morgan fingerprint density at radius 1 is 1.17 bits per heavy atom. The summed E-state index contributed by atoms with van der Waals surface area (Å²) >= 11 is 0. The number of fused-ring (bicyclic) bond motifs is 1. The van der Waals surface area contributed by atoms with E-state index >= 15 is 0 Å². The molecule has 1 saturated heterocycles. The SMILES string of the molecule is CC(=O)NCc1ccc2c(c1)N(C1CCN(CCc3ccc(F)cc3P)CC1)CC2. The highest BCUT2D eigenvalue weighted by Gasteiger charge is 2.29. The van der Waals surface area contributed by atoms with E-state index in [2.05, 4.69) is 42.6 Å². The van der Waals surface area contributed by atoms with Crippen molar-refractivity contribution in [1.29, 1.82) is 0 Å². The Morgan fingerprint density at radius 3 is 2.70 bits per heavy atom. The molecule has 0 spiro atoms. The van der Waals surface area contributed by atoms with Gasteiger partial charge in [-0.25, -0.2) is 4.39 Å². The zero-order valence-electron chi connectivity index (χ0n) is 17.7. The summed E-state index contributed by atoms with van der Waals surface area (Å²) in [6.07, 6.45) is 4.42. The van der Waals surface area contributed by atoms with E-state index in [0.29, 0.717) is 12.6 Å². The smallest absolute Gasteiger partial charge is 0.217 e. The third-order valence-corrected chi connectivity index (χ3v) is 6.96. The number of nitrogens with zero attached hydrogens (tertiary/aromatic N) is 2. The van der Waals surface area contributed by atoms with Crippen molar-refractivity contribution < 1.29 is 9.18 Å². The Kier molecular flexibility index (Phi) is 6.70. The van der Waals surface area contributed by atoms with Gasteiger partial charge >= 0.3 is 0 Å². The molecule has 160 valence electrons. The molecule has 0 aromatic heterocycles. The molecule has 2 aromatic carbocycles. The van der Waals surface area contributed by atoms with Crippen LogP contribution in [0.1, 0.15) is 36.5 Å². The van der Waals surface area contributed by atoms with Gasteiger partial charge in [-0.3, -0.25) is 4.79 Å². The van der Waals surface area contributed by atoms with Crippen LogP contribution in [0.5, 0.6) is 0 Å². The van der Waals surface area contributed by atoms with Crippen LogP contribution in [0.25, 0.3) is 0 Å². The van der Waals surface area contributed by atoms with Crippen molar-refractivity contribution in [1.82, 2.24) is 10.2 Å². The largest absolute Gasteiger partial charge is 0.368 e. The molecule has 0 bridgehead atoms. The molecule has 1 unspecified atom stereocenters. The average Bonchev–Trinajstić information content (AvgIpc) is 3.15. The zero-order chi connectivity index (χ0) is 21.1. The first-order chi connectivity index (χ1) is 14.5. The molecule has 1 fully saturated rings. The molecule has 1 amide bonds. The van der Waals surface area contributed by atoms with Crippen molar-refractivity contribution in [2.75, 3.05) is 31.1 Å². The van der Waals surface area contributed by atoms with Crippen LogP contribution >= 0.6 is 9.24 Å². The minimum absolute atomic E-state index is 0.00847. The number of carbonyl (C=O) groups is 1. The van der Waals surface area contributed by atoms with Gasteiger partial charge < -0.3 is 15.1 Å². The normalized spacial score (nSPS) is 17.2. The lowest BCUT2D eigenvalue weighted by Gasteiger charge is -2.38. The van der Waals surface area contributed by atoms with Crippen LogP contribution in [0.4, 0.5) is 10.1 Å². The average molecular weight is 428 g/mol. The fourth-order valence-corrected chi connectivity index (χ4v) is 5.09. The summed E-state index contributed by atoms with van der Waals surface area (Å²) in [5.41, 5.74) is 5.16. The van der Waals surface area contributed by atoms with Gasteiger partial charge in [-0.1, -0.05) is 18.2 Å². The molecule has 30 heavy (non-hydrogen) atoms. The highest BCUT2D eigenvalue weighted by Crippen LogP contribution is 2.33. The molecule has 4 nitrogen and oxygen atoms in total. The maximum atomic E-state index is 13.3. The number of carbonyl (C=O) groups excluding carboxylic acids is 1. The van der Waals surface area contributed by atoms with E-state index in [1.165, 1.54) is 35.2 Å². The molecule has 2 heterocycles. The van der Waals surface area contributed by atoms with Gasteiger partial charge in [-0.05, 0) is 65.9 Å². The molecular formula is C24H31FN3OP. The third kappa shape index (κ3) is 5.01. The van der Waals surface area contributed by atoms with E-state index in [9.17, 15) is 9.18 Å². The van der Waals surface area contributed by atoms with Crippen molar-refractivity contribution in [2.24, 2.45) is 0 Å². The topological polar surface area (TPSA) is 35.6 Å². The Bertz CT molecular complexity index is 911. The first-order valence-corrected chi connectivity index (χ1v) is 11.5. The monoisotopic (exact) mass is 427 g/mol. The summed E-state index contributed by atoms with van der Waals surface area (Å²) in [5, 5.41) is 3.87. The quantitative estimate of drug-likeness (QED) is 0.720. The number of anilines is 1. The van der Waals surface area contributed by atoms with Gasteiger partial charge in [-0.2, -0.15) is 0 Å². The second-order valence-electron chi connectivity index (χ2n) is 8.48. The number of hydrogen-bond donors (Lipinski definition) is 1. The number of benzene rings is 2. The number of rotatable bonds is 6. The number of nitrogens with one attached hydrogen (secondary N) is 1.